The van der Waals surface area contributed by atoms with Crippen molar-refractivity contribution in [2.75, 3.05) is 31.1 Å². The van der Waals surface area contributed by atoms with E-state index in [0.29, 0.717) is 37.3 Å². The number of nitriles is 1. The van der Waals surface area contributed by atoms with Gasteiger partial charge in [0.05, 0.1) is 16.5 Å². The van der Waals surface area contributed by atoms with Crippen LogP contribution in [0.15, 0.2) is 42.5 Å². The molecule has 1 aliphatic heterocycles. The minimum absolute atomic E-state index is 0.0242. The number of Topliss-reactive ketones (excluding diaryl/α,β-unsaturated/α-hetero) is 1. The molecule has 146 valence electrons. The van der Waals surface area contributed by atoms with Crippen molar-refractivity contribution < 1.29 is 9.59 Å². The van der Waals surface area contributed by atoms with E-state index >= 15 is 0 Å². The summed E-state index contributed by atoms with van der Waals surface area (Å²) in [6, 6.07) is 15.4. The third-order valence-electron chi connectivity index (χ3n) is 5.45. The number of piperazine rings is 1. The van der Waals surface area contributed by atoms with E-state index < -0.39 is 0 Å². The summed E-state index contributed by atoms with van der Waals surface area (Å²) in [5, 5.41) is 10.3. The Morgan fingerprint density at radius 2 is 1.79 bits per heavy atom. The number of hydrogen-bond acceptors (Lipinski definition) is 5. The van der Waals surface area contributed by atoms with Crippen LogP contribution in [0.5, 0.6) is 0 Å². The molecule has 0 unspecified atom stereocenters. The number of aryl methyl sites for hydroxylation is 1. The van der Waals surface area contributed by atoms with Gasteiger partial charge in [-0.05, 0) is 49.1 Å². The predicted molar refractivity (Wildman–Crippen MR) is 116 cm³/mol. The average molecular weight is 404 g/mol. The third kappa shape index (κ3) is 3.50. The van der Waals surface area contributed by atoms with Crippen molar-refractivity contribution in [2.24, 2.45) is 0 Å². The number of rotatable bonds is 3. The second-order valence-electron chi connectivity index (χ2n) is 7.23. The smallest absolute Gasteiger partial charge is 0.264 e. The Morgan fingerprint density at radius 3 is 2.45 bits per heavy atom. The van der Waals surface area contributed by atoms with Crippen molar-refractivity contribution in [3.05, 3.63) is 64.0 Å². The van der Waals surface area contributed by atoms with Gasteiger partial charge >= 0.3 is 0 Å². The number of anilines is 1. The van der Waals surface area contributed by atoms with Gasteiger partial charge in [-0.1, -0.05) is 18.2 Å². The highest BCUT2D eigenvalue weighted by molar-refractivity contribution is 7.21. The second-order valence-corrected chi connectivity index (χ2v) is 8.28. The number of hydrogen-bond donors (Lipinski definition) is 0. The molecule has 1 fully saturated rings. The molecule has 3 aromatic rings. The summed E-state index contributed by atoms with van der Waals surface area (Å²) in [7, 11) is 0. The van der Waals surface area contributed by atoms with Gasteiger partial charge in [-0.3, -0.25) is 9.59 Å². The standard InChI is InChI=1S/C23H21N3O2S/c1-15-18-5-3-4-6-21(18)29-22(15)23(28)26-11-9-25(10-12-26)20-13-17(14-24)7-8-19(20)16(2)27/h3-8,13H,9-12H2,1-2H3. The summed E-state index contributed by atoms with van der Waals surface area (Å²) < 4.78 is 1.13. The molecule has 6 heteroatoms. The van der Waals surface area contributed by atoms with Crippen LogP contribution in [0.1, 0.15) is 38.1 Å². The lowest BCUT2D eigenvalue weighted by Crippen LogP contribution is -2.49. The summed E-state index contributed by atoms with van der Waals surface area (Å²) in [6.07, 6.45) is 0. The number of carbonyl (C=O) groups is 2. The van der Waals surface area contributed by atoms with Crippen LogP contribution >= 0.6 is 11.3 Å². The molecule has 0 spiro atoms. The number of carbonyl (C=O) groups excluding carboxylic acids is 2. The number of fused-ring (bicyclic) bond motifs is 1. The van der Waals surface area contributed by atoms with Gasteiger partial charge in [0.25, 0.3) is 5.91 Å². The SMILES string of the molecule is CC(=O)c1ccc(C#N)cc1N1CCN(C(=O)c2sc3ccccc3c2C)CC1. The normalized spacial score (nSPS) is 14.1. The largest absolute Gasteiger partial charge is 0.367 e. The van der Waals surface area contributed by atoms with Crippen molar-refractivity contribution in [3.8, 4) is 6.07 Å². The molecule has 1 amide bonds. The first-order valence-corrected chi connectivity index (χ1v) is 10.4. The van der Waals surface area contributed by atoms with Crippen LogP contribution in [0, 0.1) is 18.3 Å². The first kappa shape index (κ1) is 19.2. The average Bonchev–Trinajstić information content (AvgIpc) is 3.09. The molecule has 5 nitrogen and oxygen atoms in total. The molecule has 1 aromatic heterocycles. The van der Waals surface area contributed by atoms with Crippen LogP contribution in [-0.2, 0) is 0 Å². The molecule has 0 N–H and O–H groups in total. The summed E-state index contributed by atoms with van der Waals surface area (Å²) in [6.45, 7) is 5.97. The van der Waals surface area contributed by atoms with E-state index in [4.69, 9.17) is 0 Å². The van der Waals surface area contributed by atoms with Crippen LogP contribution in [0.2, 0.25) is 0 Å². The molecule has 0 radical (unpaired) electrons. The Hall–Kier alpha value is -3.17. The Balaban J connectivity index is 1.54. The van der Waals surface area contributed by atoms with Gasteiger partial charge in [0.1, 0.15) is 0 Å². The molecule has 0 bridgehead atoms. The highest BCUT2D eigenvalue weighted by Crippen LogP contribution is 2.32. The molecular formula is C23H21N3O2S. The first-order valence-electron chi connectivity index (χ1n) is 9.57. The molecule has 1 aliphatic rings. The van der Waals surface area contributed by atoms with Crippen molar-refractivity contribution in [2.45, 2.75) is 13.8 Å². The van der Waals surface area contributed by atoms with E-state index in [1.807, 2.05) is 30.0 Å². The van der Waals surface area contributed by atoms with E-state index in [-0.39, 0.29) is 11.7 Å². The molecule has 1 saturated heterocycles. The summed E-state index contributed by atoms with van der Waals surface area (Å²) in [5.74, 6) is 0.0461. The maximum atomic E-state index is 13.1. The molecule has 2 heterocycles. The molecule has 0 aliphatic carbocycles. The number of amides is 1. The minimum atomic E-state index is -0.0242. The Bertz CT molecular complexity index is 1150. The Kier molecular flexibility index (Phi) is 5.08. The topological polar surface area (TPSA) is 64.4 Å². The Labute approximate surface area is 173 Å². The van der Waals surface area contributed by atoms with Gasteiger partial charge in [-0.2, -0.15) is 5.26 Å². The van der Waals surface area contributed by atoms with Crippen LogP contribution in [0.25, 0.3) is 10.1 Å². The summed E-state index contributed by atoms with van der Waals surface area (Å²) in [5.41, 5.74) is 2.97. The van der Waals surface area contributed by atoms with Gasteiger partial charge in [-0.15, -0.1) is 11.3 Å². The van der Waals surface area contributed by atoms with Gasteiger partial charge in [0.2, 0.25) is 0 Å². The second kappa shape index (κ2) is 7.69. The van der Waals surface area contributed by atoms with Crippen LogP contribution in [-0.4, -0.2) is 42.8 Å². The van der Waals surface area contributed by atoms with Crippen LogP contribution < -0.4 is 4.90 Å². The lowest BCUT2D eigenvalue weighted by molar-refractivity contribution is 0.0750. The third-order valence-corrected chi connectivity index (χ3v) is 6.71. The fourth-order valence-corrected chi connectivity index (χ4v) is 5.01. The fourth-order valence-electron chi connectivity index (χ4n) is 3.83. The van der Waals surface area contributed by atoms with Gasteiger partial charge < -0.3 is 9.80 Å². The van der Waals surface area contributed by atoms with E-state index in [1.54, 1.807) is 29.5 Å². The van der Waals surface area contributed by atoms with Crippen molar-refractivity contribution in [1.82, 2.24) is 4.90 Å². The minimum Gasteiger partial charge on any atom is -0.367 e. The number of ketones is 1. The highest BCUT2D eigenvalue weighted by Gasteiger charge is 2.26. The summed E-state index contributed by atoms with van der Waals surface area (Å²) >= 11 is 1.55. The van der Waals surface area contributed by atoms with Gasteiger partial charge in [0.15, 0.2) is 5.78 Å². The fraction of sp³-hybridized carbons (Fsp3) is 0.261. The van der Waals surface area contributed by atoms with E-state index in [9.17, 15) is 14.9 Å². The zero-order chi connectivity index (χ0) is 20.5. The maximum absolute atomic E-state index is 13.1. The Morgan fingerprint density at radius 1 is 1.07 bits per heavy atom. The van der Waals surface area contributed by atoms with Crippen molar-refractivity contribution in [3.63, 3.8) is 0 Å². The molecular weight excluding hydrogens is 382 g/mol. The number of benzene rings is 2. The molecule has 4 rings (SSSR count). The monoisotopic (exact) mass is 403 g/mol. The van der Waals surface area contributed by atoms with E-state index in [2.05, 4.69) is 17.0 Å². The van der Waals surface area contributed by atoms with E-state index in [0.717, 1.165) is 26.2 Å². The molecule has 0 atom stereocenters. The van der Waals surface area contributed by atoms with Crippen molar-refractivity contribution >= 4 is 38.8 Å². The van der Waals surface area contributed by atoms with Gasteiger partial charge in [0, 0.05) is 42.1 Å². The molecule has 29 heavy (non-hydrogen) atoms. The number of thiophene rings is 1. The predicted octanol–water partition coefficient (Wildman–Crippen LogP) is 4.25. The highest BCUT2D eigenvalue weighted by atomic mass is 32.1. The lowest BCUT2D eigenvalue weighted by Gasteiger charge is -2.36. The van der Waals surface area contributed by atoms with Crippen LogP contribution in [0.3, 0.4) is 0 Å². The molecule has 0 saturated carbocycles. The maximum Gasteiger partial charge on any atom is 0.264 e. The van der Waals surface area contributed by atoms with Crippen molar-refractivity contribution in [1.29, 1.82) is 5.26 Å². The number of nitrogens with zero attached hydrogens (tertiary/aromatic N) is 3. The zero-order valence-electron chi connectivity index (χ0n) is 16.4. The van der Waals surface area contributed by atoms with E-state index in [1.165, 1.54) is 6.92 Å². The quantitative estimate of drug-likeness (QED) is 0.614. The lowest BCUT2D eigenvalue weighted by atomic mass is 10.0. The van der Waals surface area contributed by atoms with Crippen LogP contribution in [0.4, 0.5) is 5.69 Å². The summed E-state index contributed by atoms with van der Waals surface area (Å²) in [4.78, 5) is 29.9. The zero-order valence-corrected chi connectivity index (χ0v) is 17.3. The first-order chi connectivity index (χ1) is 14.0. The van der Waals surface area contributed by atoms with Gasteiger partial charge in [-0.25, -0.2) is 0 Å². The molecule has 2 aromatic carbocycles.